The van der Waals surface area contributed by atoms with Gasteiger partial charge in [0.05, 0.1) is 4.90 Å². The van der Waals surface area contributed by atoms with Gasteiger partial charge < -0.3 is 10.2 Å². The van der Waals surface area contributed by atoms with Crippen molar-refractivity contribution >= 4 is 15.9 Å². The molecule has 0 bridgehead atoms. The van der Waals surface area contributed by atoms with Crippen molar-refractivity contribution in [3.63, 3.8) is 0 Å². The molecule has 0 saturated carbocycles. The summed E-state index contributed by atoms with van der Waals surface area (Å²) in [4.78, 5) is 15.3. The fraction of sp³-hybridized carbons (Fsp3) is 0.458. The van der Waals surface area contributed by atoms with Gasteiger partial charge in [-0.15, -0.1) is 0 Å². The highest BCUT2D eigenvalue weighted by molar-refractivity contribution is 7.89. The molecule has 0 spiro atoms. The summed E-state index contributed by atoms with van der Waals surface area (Å²) in [6.45, 7) is 3.40. The van der Waals surface area contributed by atoms with Crippen molar-refractivity contribution in [2.75, 3.05) is 33.7 Å². The zero-order valence-electron chi connectivity index (χ0n) is 18.7. The molecule has 0 aromatic heterocycles. The lowest BCUT2D eigenvalue weighted by Gasteiger charge is -2.26. The number of likely N-dealkylation sites (N-methyl/N-ethyl adjacent to an activating group) is 1. The number of benzene rings is 2. The summed E-state index contributed by atoms with van der Waals surface area (Å²) in [5.41, 5.74) is 2.39. The second-order valence-corrected chi connectivity index (χ2v) is 10.4. The van der Waals surface area contributed by atoms with E-state index in [1.165, 1.54) is 15.9 Å². The molecule has 1 N–H and O–H groups in total. The van der Waals surface area contributed by atoms with Crippen LogP contribution in [0.25, 0.3) is 0 Å². The van der Waals surface area contributed by atoms with Crippen molar-refractivity contribution < 1.29 is 13.2 Å². The van der Waals surface area contributed by atoms with Gasteiger partial charge in [-0.3, -0.25) is 4.79 Å². The second-order valence-electron chi connectivity index (χ2n) is 8.46. The highest BCUT2D eigenvalue weighted by Crippen LogP contribution is 2.23. The summed E-state index contributed by atoms with van der Waals surface area (Å²) in [5.74, 6) is -0.242. The average molecular weight is 444 g/mol. The van der Waals surface area contributed by atoms with Gasteiger partial charge >= 0.3 is 0 Å². The van der Waals surface area contributed by atoms with Crippen LogP contribution in [0.3, 0.4) is 0 Å². The van der Waals surface area contributed by atoms with Crippen LogP contribution in [0, 0.1) is 6.92 Å². The van der Waals surface area contributed by atoms with E-state index in [2.05, 4.69) is 22.3 Å². The zero-order valence-corrected chi connectivity index (χ0v) is 19.5. The standard InChI is InChI=1S/C24H33N3O3S/c1-19-12-13-22(31(29,30)27-14-8-5-9-15-27)17-23(19)24(28)25-18-21(26(2)3)16-20-10-6-4-7-11-20/h4,6-7,10-13,17,21H,5,8-9,14-16,18H2,1-3H3,(H,25,28). The third-order valence-corrected chi connectivity index (χ3v) is 7.84. The van der Waals surface area contributed by atoms with Crippen LogP contribution in [0.1, 0.15) is 40.7 Å². The quantitative estimate of drug-likeness (QED) is 0.681. The Morgan fingerprint density at radius 2 is 1.74 bits per heavy atom. The van der Waals surface area contributed by atoms with Gasteiger partial charge in [-0.25, -0.2) is 8.42 Å². The van der Waals surface area contributed by atoms with Crippen molar-refractivity contribution in [1.29, 1.82) is 0 Å². The number of nitrogens with one attached hydrogen (secondary N) is 1. The number of hydrogen-bond donors (Lipinski definition) is 1. The Hall–Kier alpha value is -2.22. The molecule has 168 valence electrons. The van der Waals surface area contributed by atoms with Crippen LogP contribution in [-0.4, -0.2) is 63.3 Å². The minimum Gasteiger partial charge on any atom is -0.350 e. The molecule has 0 radical (unpaired) electrons. The van der Waals surface area contributed by atoms with Crippen LogP contribution in [0.4, 0.5) is 0 Å². The maximum Gasteiger partial charge on any atom is 0.251 e. The molecule has 31 heavy (non-hydrogen) atoms. The average Bonchev–Trinajstić information content (AvgIpc) is 2.77. The van der Waals surface area contributed by atoms with Crippen LogP contribution in [0.5, 0.6) is 0 Å². The van der Waals surface area contributed by atoms with Gasteiger partial charge in [0, 0.05) is 31.2 Å². The predicted octanol–water partition coefficient (Wildman–Crippen LogP) is 3.07. The van der Waals surface area contributed by atoms with E-state index < -0.39 is 10.0 Å². The monoisotopic (exact) mass is 443 g/mol. The predicted molar refractivity (Wildman–Crippen MR) is 124 cm³/mol. The zero-order chi connectivity index (χ0) is 22.4. The Kier molecular flexibility index (Phi) is 7.86. The molecule has 1 aliphatic heterocycles. The molecule has 1 unspecified atom stereocenters. The van der Waals surface area contributed by atoms with Crippen molar-refractivity contribution in [3.05, 3.63) is 65.2 Å². The molecule has 6 nitrogen and oxygen atoms in total. The second kappa shape index (κ2) is 10.4. The first-order valence-corrected chi connectivity index (χ1v) is 12.3. The number of carbonyl (C=O) groups excluding carboxylic acids is 1. The molecule has 1 saturated heterocycles. The maximum atomic E-state index is 13.0. The summed E-state index contributed by atoms with van der Waals surface area (Å²) in [6, 6.07) is 15.2. The van der Waals surface area contributed by atoms with E-state index in [0.29, 0.717) is 25.2 Å². The van der Waals surface area contributed by atoms with E-state index in [-0.39, 0.29) is 16.8 Å². The van der Waals surface area contributed by atoms with E-state index in [4.69, 9.17) is 0 Å². The Morgan fingerprint density at radius 3 is 2.39 bits per heavy atom. The lowest BCUT2D eigenvalue weighted by molar-refractivity contribution is 0.0941. The van der Waals surface area contributed by atoms with E-state index in [1.54, 1.807) is 12.1 Å². The summed E-state index contributed by atoms with van der Waals surface area (Å²) >= 11 is 0. The first-order valence-electron chi connectivity index (χ1n) is 10.9. The molecule has 1 fully saturated rings. The van der Waals surface area contributed by atoms with E-state index >= 15 is 0 Å². The first kappa shape index (κ1) is 23.4. The number of rotatable bonds is 8. The topological polar surface area (TPSA) is 69.7 Å². The molecule has 2 aromatic carbocycles. The highest BCUT2D eigenvalue weighted by Gasteiger charge is 2.27. The Morgan fingerprint density at radius 1 is 1.06 bits per heavy atom. The number of nitrogens with zero attached hydrogens (tertiary/aromatic N) is 2. The van der Waals surface area contributed by atoms with Crippen LogP contribution in [0.2, 0.25) is 0 Å². The van der Waals surface area contributed by atoms with Gasteiger partial charge in [-0.2, -0.15) is 4.31 Å². The Bertz CT molecular complexity index is 984. The molecule has 2 aromatic rings. The molecule has 1 heterocycles. The fourth-order valence-electron chi connectivity index (χ4n) is 3.89. The lowest BCUT2D eigenvalue weighted by Crippen LogP contribution is -2.41. The van der Waals surface area contributed by atoms with E-state index in [0.717, 1.165) is 31.2 Å². The minimum absolute atomic E-state index is 0.131. The molecular weight excluding hydrogens is 410 g/mol. The lowest BCUT2D eigenvalue weighted by atomic mass is 10.0. The van der Waals surface area contributed by atoms with Crippen molar-refractivity contribution in [2.24, 2.45) is 0 Å². The Balaban J connectivity index is 1.72. The Labute approximate surface area is 186 Å². The van der Waals surface area contributed by atoms with Gasteiger partial charge in [0.2, 0.25) is 10.0 Å². The van der Waals surface area contributed by atoms with Crippen LogP contribution < -0.4 is 5.32 Å². The number of hydrogen-bond acceptors (Lipinski definition) is 4. The number of sulfonamides is 1. The minimum atomic E-state index is -3.58. The summed E-state index contributed by atoms with van der Waals surface area (Å²) in [6.07, 6.45) is 3.64. The normalized spacial score (nSPS) is 16.3. The number of carbonyl (C=O) groups is 1. The summed E-state index contributed by atoms with van der Waals surface area (Å²) in [5, 5.41) is 3.01. The summed E-state index contributed by atoms with van der Waals surface area (Å²) in [7, 11) is 0.419. The molecule has 1 atom stereocenters. The largest absolute Gasteiger partial charge is 0.350 e. The van der Waals surface area contributed by atoms with Gasteiger partial charge in [-0.05, 0) is 63.5 Å². The third-order valence-electron chi connectivity index (χ3n) is 5.95. The molecular formula is C24H33N3O3S. The van der Waals surface area contributed by atoms with Crippen LogP contribution in [-0.2, 0) is 16.4 Å². The molecule has 3 rings (SSSR count). The SMILES string of the molecule is Cc1ccc(S(=O)(=O)N2CCCCC2)cc1C(=O)NCC(Cc1ccccc1)N(C)C. The number of piperidine rings is 1. The van der Waals surface area contributed by atoms with Crippen molar-refractivity contribution in [1.82, 2.24) is 14.5 Å². The molecule has 1 aliphatic rings. The molecule has 0 aliphatic carbocycles. The smallest absolute Gasteiger partial charge is 0.251 e. The van der Waals surface area contributed by atoms with E-state index in [1.807, 2.05) is 39.2 Å². The maximum absolute atomic E-state index is 13.0. The van der Waals surface area contributed by atoms with Gasteiger partial charge in [0.1, 0.15) is 0 Å². The fourth-order valence-corrected chi connectivity index (χ4v) is 5.43. The van der Waals surface area contributed by atoms with Gasteiger partial charge in [0.15, 0.2) is 0 Å². The number of amides is 1. The van der Waals surface area contributed by atoms with Crippen LogP contribution >= 0.6 is 0 Å². The van der Waals surface area contributed by atoms with Crippen molar-refractivity contribution in [3.8, 4) is 0 Å². The van der Waals surface area contributed by atoms with Gasteiger partial charge in [-0.1, -0.05) is 42.8 Å². The third kappa shape index (κ3) is 5.93. The molecule has 1 amide bonds. The number of aryl methyl sites for hydroxylation is 1. The summed E-state index contributed by atoms with van der Waals surface area (Å²) < 4.78 is 27.6. The first-order chi connectivity index (χ1) is 14.8. The molecule has 7 heteroatoms. The van der Waals surface area contributed by atoms with Crippen LogP contribution in [0.15, 0.2) is 53.4 Å². The highest BCUT2D eigenvalue weighted by atomic mass is 32.2. The van der Waals surface area contributed by atoms with Gasteiger partial charge in [0.25, 0.3) is 5.91 Å². The van der Waals surface area contributed by atoms with E-state index in [9.17, 15) is 13.2 Å². The van der Waals surface area contributed by atoms with Crippen molar-refractivity contribution in [2.45, 2.75) is 43.5 Å².